The van der Waals surface area contributed by atoms with Crippen LogP contribution in [0, 0.1) is 0 Å². The number of para-hydroxylation sites is 1. The van der Waals surface area contributed by atoms with Crippen molar-refractivity contribution in [2.45, 2.75) is 25.8 Å². The van der Waals surface area contributed by atoms with Crippen LogP contribution in [0.25, 0.3) is 0 Å². The van der Waals surface area contributed by atoms with Gasteiger partial charge in [-0.2, -0.15) is 0 Å². The lowest BCUT2D eigenvalue weighted by molar-refractivity contribution is 0.112. The van der Waals surface area contributed by atoms with Gasteiger partial charge >= 0.3 is 0 Å². The first-order valence-corrected chi connectivity index (χ1v) is 6.75. The van der Waals surface area contributed by atoms with Gasteiger partial charge in [-0.15, -0.1) is 0 Å². The van der Waals surface area contributed by atoms with Gasteiger partial charge in [-0.1, -0.05) is 19.1 Å². The van der Waals surface area contributed by atoms with E-state index in [2.05, 4.69) is 29.8 Å². The molecule has 1 atom stereocenters. The van der Waals surface area contributed by atoms with E-state index in [0.29, 0.717) is 6.04 Å². The fraction of sp³-hybridized carbons (Fsp3) is 0.533. The first kappa shape index (κ1) is 13.1. The molecule has 1 aromatic carbocycles. The van der Waals surface area contributed by atoms with Gasteiger partial charge in [-0.05, 0) is 38.6 Å². The Morgan fingerprint density at radius 2 is 2.11 bits per heavy atom. The average molecular weight is 246 g/mol. The maximum absolute atomic E-state index is 11.2. The summed E-state index contributed by atoms with van der Waals surface area (Å²) in [5.41, 5.74) is 1.90. The molecule has 1 aliphatic rings. The van der Waals surface area contributed by atoms with Crippen molar-refractivity contribution in [2.24, 2.45) is 0 Å². The smallest absolute Gasteiger partial charge is 0.152 e. The third kappa shape index (κ3) is 2.72. The second-order valence-electron chi connectivity index (χ2n) is 5.05. The standard InChI is InChI=1S/C15H22N2O/c1-3-14-11-16(2)9-6-10-17(14)15-8-5-4-7-13(15)12-18/h4-5,7-8,12,14H,3,6,9-11H2,1-2H3. The highest BCUT2D eigenvalue weighted by Crippen LogP contribution is 2.24. The summed E-state index contributed by atoms with van der Waals surface area (Å²) < 4.78 is 0. The number of benzene rings is 1. The van der Waals surface area contributed by atoms with E-state index in [0.717, 1.165) is 50.0 Å². The predicted octanol–water partition coefficient (Wildman–Crippen LogP) is 2.42. The van der Waals surface area contributed by atoms with Crippen molar-refractivity contribution in [3.63, 3.8) is 0 Å². The molecular formula is C15H22N2O. The van der Waals surface area contributed by atoms with E-state index < -0.39 is 0 Å². The maximum atomic E-state index is 11.2. The second kappa shape index (κ2) is 6.01. The van der Waals surface area contributed by atoms with Crippen LogP contribution in [0.2, 0.25) is 0 Å². The van der Waals surface area contributed by atoms with Gasteiger partial charge in [0.05, 0.1) is 0 Å². The van der Waals surface area contributed by atoms with E-state index in [1.807, 2.05) is 18.2 Å². The summed E-state index contributed by atoms with van der Waals surface area (Å²) in [5, 5.41) is 0. The van der Waals surface area contributed by atoms with E-state index in [-0.39, 0.29) is 0 Å². The molecule has 0 amide bonds. The Morgan fingerprint density at radius 3 is 2.83 bits per heavy atom. The van der Waals surface area contributed by atoms with E-state index in [1.165, 1.54) is 0 Å². The molecule has 0 bridgehead atoms. The van der Waals surface area contributed by atoms with E-state index in [4.69, 9.17) is 0 Å². The van der Waals surface area contributed by atoms with Gasteiger partial charge < -0.3 is 9.80 Å². The summed E-state index contributed by atoms with van der Waals surface area (Å²) >= 11 is 0. The van der Waals surface area contributed by atoms with Crippen LogP contribution in [0.4, 0.5) is 5.69 Å². The lowest BCUT2D eigenvalue weighted by Gasteiger charge is -2.33. The van der Waals surface area contributed by atoms with Crippen LogP contribution in [0.3, 0.4) is 0 Å². The zero-order valence-electron chi connectivity index (χ0n) is 11.3. The average Bonchev–Trinajstić information content (AvgIpc) is 2.60. The zero-order chi connectivity index (χ0) is 13.0. The molecule has 1 saturated heterocycles. The van der Waals surface area contributed by atoms with E-state index in [9.17, 15) is 4.79 Å². The summed E-state index contributed by atoms with van der Waals surface area (Å²) in [6.07, 6.45) is 3.23. The van der Waals surface area contributed by atoms with Gasteiger partial charge in [0.2, 0.25) is 0 Å². The number of rotatable bonds is 3. The number of carbonyl (C=O) groups excluding carboxylic acids is 1. The zero-order valence-corrected chi connectivity index (χ0v) is 11.3. The minimum absolute atomic E-state index is 0.499. The fourth-order valence-electron chi connectivity index (χ4n) is 2.76. The first-order valence-electron chi connectivity index (χ1n) is 6.75. The SMILES string of the molecule is CCC1CN(C)CCCN1c1ccccc1C=O. The molecule has 3 nitrogen and oxygen atoms in total. The molecule has 0 saturated carbocycles. The van der Waals surface area contributed by atoms with Gasteiger partial charge in [0.15, 0.2) is 6.29 Å². The molecule has 18 heavy (non-hydrogen) atoms. The maximum Gasteiger partial charge on any atom is 0.152 e. The quantitative estimate of drug-likeness (QED) is 0.765. The van der Waals surface area contributed by atoms with Crippen molar-refractivity contribution in [1.82, 2.24) is 4.90 Å². The third-order valence-electron chi connectivity index (χ3n) is 3.75. The van der Waals surface area contributed by atoms with Gasteiger partial charge in [0.25, 0.3) is 0 Å². The Labute approximate surface area is 109 Å². The molecule has 0 aromatic heterocycles. The Hall–Kier alpha value is -1.35. The molecule has 0 spiro atoms. The van der Waals surface area contributed by atoms with Crippen LogP contribution < -0.4 is 4.90 Å². The van der Waals surface area contributed by atoms with Crippen LogP contribution in [0.15, 0.2) is 24.3 Å². The summed E-state index contributed by atoms with van der Waals surface area (Å²) in [6.45, 7) is 5.47. The molecule has 0 N–H and O–H groups in total. The normalized spacial score (nSPS) is 21.7. The van der Waals surface area contributed by atoms with Crippen molar-refractivity contribution in [2.75, 3.05) is 31.6 Å². The lowest BCUT2D eigenvalue weighted by atomic mass is 10.1. The molecule has 2 rings (SSSR count). The Kier molecular flexibility index (Phi) is 4.37. The molecule has 1 heterocycles. The summed E-state index contributed by atoms with van der Waals surface area (Å²) in [7, 11) is 2.18. The van der Waals surface area contributed by atoms with Crippen molar-refractivity contribution in [3.05, 3.63) is 29.8 Å². The number of anilines is 1. The second-order valence-corrected chi connectivity index (χ2v) is 5.05. The number of hydrogen-bond acceptors (Lipinski definition) is 3. The molecular weight excluding hydrogens is 224 g/mol. The van der Waals surface area contributed by atoms with Gasteiger partial charge in [0.1, 0.15) is 0 Å². The largest absolute Gasteiger partial charge is 0.367 e. The molecule has 0 aliphatic carbocycles. The van der Waals surface area contributed by atoms with Gasteiger partial charge in [-0.3, -0.25) is 4.79 Å². The number of likely N-dealkylation sites (N-methyl/N-ethyl adjacent to an activating group) is 1. The summed E-state index contributed by atoms with van der Waals surface area (Å²) in [5.74, 6) is 0. The lowest BCUT2D eigenvalue weighted by Crippen LogP contribution is -2.40. The van der Waals surface area contributed by atoms with Crippen molar-refractivity contribution >= 4 is 12.0 Å². The van der Waals surface area contributed by atoms with Crippen molar-refractivity contribution in [3.8, 4) is 0 Å². The molecule has 1 unspecified atom stereocenters. The van der Waals surface area contributed by atoms with Crippen LogP contribution >= 0.6 is 0 Å². The fourth-order valence-corrected chi connectivity index (χ4v) is 2.76. The molecule has 1 aliphatic heterocycles. The minimum Gasteiger partial charge on any atom is -0.367 e. The van der Waals surface area contributed by atoms with E-state index in [1.54, 1.807) is 0 Å². The molecule has 1 fully saturated rings. The highest BCUT2D eigenvalue weighted by Gasteiger charge is 2.23. The van der Waals surface area contributed by atoms with Crippen molar-refractivity contribution in [1.29, 1.82) is 0 Å². The van der Waals surface area contributed by atoms with Crippen LogP contribution in [-0.4, -0.2) is 43.9 Å². The van der Waals surface area contributed by atoms with Crippen LogP contribution in [0.5, 0.6) is 0 Å². The van der Waals surface area contributed by atoms with Crippen molar-refractivity contribution < 1.29 is 4.79 Å². The van der Waals surface area contributed by atoms with Gasteiger partial charge in [0, 0.05) is 30.4 Å². The first-order chi connectivity index (χ1) is 8.76. The minimum atomic E-state index is 0.499. The highest BCUT2D eigenvalue weighted by atomic mass is 16.1. The summed E-state index contributed by atoms with van der Waals surface area (Å²) in [6, 6.07) is 8.42. The Morgan fingerprint density at radius 1 is 1.33 bits per heavy atom. The predicted molar refractivity (Wildman–Crippen MR) is 75.4 cm³/mol. The Balaban J connectivity index is 2.31. The monoisotopic (exact) mass is 246 g/mol. The highest BCUT2D eigenvalue weighted by molar-refractivity contribution is 5.84. The number of carbonyl (C=O) groups is 1. The summed E-state index contributed by atoms with van der Waals surface area (Å²) in [4.78, 5) is 16.0. The molecule has 3 heteroatoms. The molecule has 98 valence electrons. The number of nitrogens with zero attached hydrogens (tertiary/aromatic N) is 2. The van der Waals surface area contributed by atoms with Gasteiger partial charge in [-0.25, -0.2) is 0 Å². The topological polar surface area (TPSA) is 23.6 Å². The third-order valence-corrected chi connectivity index (χ3v) is 3.75. The van der Waals surface area contributed by atoms with E-state index >= 15 is 0 Å². The Bertz CT molecular complexity index is 405. The number of hydrogen-bond donors (Lipinski definition) is 0. The van der Waals surface area contributed by atoms with Crippen LogP contribution in [0.1, 0.15) is 30.1 Å². The molecule has 0 radical (unpaired) electrons. The van der Waals surface area contributed by atoms with Crippen LogP contribution in [-0.2, 0) is 0 Å². The molecule has 1 aromatic rings. The number of aldehydes is 1.